The molecule has 1 N–H and O–H groups in total. The smallest absolute Gasteiger partial charge is 0.255 e. The lowest BCUT2D eigenvalue weighted by Crippen LogP contribution is -2.12. The molecule has 0 atom stereocenters. The molecule has 3 aromatic carbocycles. The lowest BCUT2D eigenvalue weighted by atomic mass is 10.0. The van der Waals surface area contributed by atoms with Gasteiger partial charge in [-0.3, -0.25) is 4.79 Å². The molecule has 3 aromatic rings. The van der Waals surface area contributed by atoms with E-state index in [4.69, 9.17) is 0 Å². The highest BCUT2D eigenvalue weighted by Crippen LogP contribution is 2.24. The fourth-order valence-electron chi connectivity index (χ4n) is 2.71. The molecule has 0 radical (unpaired) electrons. The van der Waals surface area contributed by atoms with Crippen molar-refractivity contribution in [2.45, 2.75) is 13.3 Å². The number of rotatable bonds is 5. The summed E-state index contributed by atoms with van der Waals surface area (Å²) in [5.41, 5.74) is 4.95. The van der Waals surface area contributed by atoms with Gasteiger partial charge in [-0.15, -0.1) is 0 Å². The summed E-state index contributed by atoms with van der Waals surface area (Å²) < 4.78 is 0. The zero-order valence-corrected chi connectivity index (χ0v) is 14.3. The first-order chi connectivity index (χ1) is 12.2. The topological polar surface area (TPSA) is 29.1 Å². The molecular formula is C23H21NO. The number of hydrogen-bond donors (Lipinski definition) is 1. The van der Waals surface area contributed by atoms with Gasteiger partial charge < -0.3 is 5.32 Å². The normalized spacial score (nSPS) is 11.2. The second kappa shape index (κ2) is 8.11. The number of hydrogen-bond acceptors (Lipinski definition) is 1. The van der Waals surface area contributed by atoms with Crippen molar-refractivity contribution in [2.75, 3.05) is 5.32 Å². The number of allylic oxidation sites excluding steroid dienone is 2. The fourth-order valence-corrected chi connectivity index (χ4v) is 2.71. The maximum absolute atomic E-state index is 12.4. The van der Waals surface area contributed by atoms with Crippen molar-refractivity contribution in [2.24, 2.45) is 0 Å². The molecule has 0 fully saturated rings. The first-order valence-electron chi connectivity index (χ1n) is 8.40. The van der Waals surface area contributed by atoms with Crippen LogP contribution in [0.15, 0.2) is 91.0 Å². The molecule has 0 aliphatic rings. The van der Waals surface area contributed by atoms with E-state index < -0.39 is 0 Å². The molecule has 2 heteroatoms. The third-order valence-corrected chi connectivity index (χ3v) is 4.12. The number of nitrogens with one attached hydrogen (secondary N) is 1. The van der Waals surface area contributed by atoms with E-state index in [1.54, 1.807) is 0 Å². The second-order valence-corrected chi connectivity index (χ2v) is 5.94. The Bertz CT molecular complexity index is 867. The van der Waals surface area contributed by atoms with Gasteiger partial charge in [0.2, 0.25) is 0 Å². The Labute approximate surface area is 148 Å². The standard InChI is InChI=1S/C23H21NO/c1-18(16-17-19-10-4-2-5-11-19)21-14-8-9-15-22(21)24-23(25)20-12-6-3-7-13-20/h2-16H,17H2,1H3,(H,24,25)/b18-16+. The summed E-state index contributed by atoms with van der Waals surface area (Å²) in [4.78, 5) is 12.4. The number of benzene rings is 3. The lowest BCUT2D eigenvalue weighted by Gasteiger charge is -2.12. The maximum atomic E-state index is 12.4. The zero-order valence-electron chi connectivity index (χ0n) is 14.3. The predicted octanol–water partition coefficient (Wildman–Crippen LogP) is 5.58. The van der Waals surface area contributed by atoms with Gasteiger partial charge in [-0.05, 0) is 42.7 Å². The van der Waals surface area contributed by atoms with Crippen LogP contribution in [0.4, 0.5) is 5.69 Å². The van der Waals surface area contributed by atoms with Crippen LogP contribution in [0.25, 0.3) is 5.57 Å². The number of amides is 1. The van der Waals surface area contributed by atoms with Crippen molar-refractivity contribution in [3.8, 4) is 0 Å². The zero-order chi connectivity index (χ0) is 17.5. The summed E-state index contributed by atoms with van der Waals surface area (Å²) in [6.45, 7) is 2.08. The molecule has 0 aliphatic carbocycles. The van der Waals surface area contributed by atoms with Gasteiger partial charge in [0.25, 0.3) is 5.91 Å². The van der Waals surface area contributed by atoms with Crippen LogP contribution in [-0.2, 0) is 6.42 Å². The highest BCUT2D eigenvalue weighted by atomic mass is 16.1. The van der Waals surface area contributed by atoms with Crippen molar-refractivity contribution in [3.63, 3.8) is 0 Å². The Morgan fingerprint density at radius 1 is 0.840 bits per heavy atom. The van der Waals surface area contributed by atoms with Gasteiger partial charge >= 0.3 is 0 Å². The van der Waals surface area contributed by atoms with Crippen molar-refractivity contribution in [3.05, 3.63) is 108 Å². The van der Waals surface area contributed by atoms with E-state index in [1.807, 2.05) is 72.8 Å². The molecule has 0 unspecified atom stereocenters. The van der Waals surface area contributed by atoms with Gasteiger partial charge in [0.15, 0.2) is 0 Å². The summed E-state index contributed by atoms with van der Waals surface area (Å²) >= 11 is 0. The molecule has 0 aromatic heterocycles. The molecule has 1 amide bonds. The van der Waals surface area contributed by atoms with Crippen molar-refractivity contribution < 1.29 is 4.79 Å². The number of carbonyl (C=O) groups excluding carboxylic acids is 1. The van der Waals surface area contributed by atoms with E-state index in [0.717, 1.165) is 23.2 Å². The first-order valence-corrected chi connectivity index (χ1v) is 8.40. The molecule has 0 saturated carbocycles. The van der Waals surface area contributed by atoms with Crippen LogP contribution in [-0.4, -0.2) is 5.91 Å². The van der Waals surface area contributed by atoms with Crippen molar-refractivity contribution in [1.82, 2.24) is 0 Å². The van der Waals surface area contributed by atoms with Crippen molar-refractivity contribution in [1.29, 1.82) is 0 Å². The van der Waals surface area contributed by atoms with Gasteiger partial charge in [-0.1, -0.05) is 72.8 Å². The Morgan fingerprint density at radius 2 is 1.44 bits per heavy atom. The molecule has 0 spiro atoms. The summed E-state index contributed by atoms with van der Waals surface area (Å²) in [6.07, 6.45) is 3.07. The van der Waals surface area contributed by atoms with E-state index in [0.29, 0.717) is 5.56 Å². The molecule has 0 heterocycles. The van der Waals surface area contributed by atoms with Gasteiger partial charge in [-0.2, -0.15) is 0 Å². The van der Waals surface area contributed by atoms with Gasteiger partial charge in [-0.25, -0.2) is 0 Å². The van der Waals surface area contributed by atoms with Crippen LogP contribution >= 0.6 is 0 Å². The predicted molar refractivity (Wildman–Crippen MR) is 105 cm³/mol. The fraction of sp³-hybridized carbons (Fsp3) is 0.0870. The highest BCUT2D eigenvalue weighted by molar-refractivity contribution is 6.05. The molecular weight excluding hydrogens is 306 g/mol. The molecule has 124 valence electrons. The summed E-state index contributed by atoms with van der Waals surface area (Å²) in [5.74, 6) is -0.0936. The lowest BCUT2D eigenvalue weighted by molar-refractivity contribution is 0.102. The van der Waals surface area contributed by atoms with E-state index >= 15 is 0 Å². The van der Waals surface area contributed by atoms with Crippen LogP contribution in [0.5, 0.6) is 0 Å². The molecule has 2 nitrogen and oxygen atoms in total. The van der Waals surface area contributed by atoms with E-state index in [1.165, 1.54) is 5.56 Å². The molecule has 25 heavy (non-hydrogen) atoms. The van der Waals surface area contributed by atoms with Crippen LogP contribution in [0.2, 0.25) is 0 Å². The third kappa shape index (κ3) is 4.45. The summed E-state index contributed by atoms with van der Waals surface area (Å²) in [5, 5.41) is 3.03. The quantitative estimate of drug-likeness (QED) is 0.650. The summed E-state index contributed by atoms with van der Waals surface area (Å²) in [7, 11) is 0. The number of anilines is 1. The van der Waals surface area contributed by atoms with Gasteiger partial charge in [0.05, 0.1) is 0 Å². The summed E-state index contributed by atoms with van der Waals surface area (Å²) in [6, 6.07) is 27.5. The first kappa shape index (κ1) is 16.7. The van der Waals surface area contributed by atoms with E-state index in [-0.39, 0.29) is 5.91 Å². The van der Waals surface area contributed by atoms with Crippen molar-refractivity contribution >= 4 is 17.2 Å². The average molecular weight is 327 g/mol. The Hall–Kier alpha value is -3.13. The monoisotopic (exact) mass is 327 g/mol. The molecule has 0 aliphatic heterocycles. The van der Waals surface area contributed by atoms with E-state index in [9.17, 15) is 4.79 Å². The minimum atomic E-state index is -0.0936. The molecule has 0 saturated heterocycles. The van der Waals surface area contributed by atoms with Crippen LogP contribution in [0, 0.1) is 0 Å². The molecule has 3 rings (SSSR count). The number of carbonyl (C=O) groups is 1. The van der Waals surface area contributed by atoms with E-state index in [2.05, 4.69) is 30.4 Å². The average Bonchev–Trinajstić information content (AvgIpc) is 2.68. The Morgan fingerprint density at radius 3 is 2.16 bits per heavy atom. The Balaban J connectivity index is 1.79. The van der Waals surface area contributed by atoms with Crippen LogP contribution in [0.3, 0.4) is 0 Å². The minimum Gasteiger partial charge on any atom is -0.321 e. The maximum Gasteiger partial charge on any atom is 0.255 e. The van der Waals surface area contributed by atoms with Crippen LogP contribution in [0.1, 0.15) is 28.4 Å². The Kier molecular flexibility index (Phi) is 5.43. The highest BCUT2D eigenvalue weighted by Gasteiger charge is 2.09. The third-order valence-electron chi connectivity index (χ3n) is 4.12. The van der Waals surface area contributed by atoms with Crippen LogP contribution < -0.4 is 5.32 Å². The molecule has 0 bridgehead atoms. The largest absolute Gasteiger partial charge is 0.321 e. The van der Waals surface area contributed by atoms with Gasteiger partial charge in [0.1, 0.15) is 0 Å². The second-order valence-electron chi connectivity index (χ2n) is 5.94. The van der Waals surface area contributed by atoms with Gasteiger partial charge in [0, 0.05) is 16.8 Å². The number of para-hydroxylation sites is 1. The minimum absolute atomic E-state index is 0.0936. The SMILES string of the molecule is C/C(=C\Cc1ccccc1)c1ccccc1NC(=O)c1ccccc1.